The summed E-state index contributed by atoms with van der Waals surface area (Å²) in [5.41, 5.74) is -1.64. The molecule has 0 aliphatic heterocycles. The van der Waals surface area contributed by atoms with E-state index < -0.39 is 145 Å². The summed E-state index contributed by atoms with van der Waals surface area (Å²) in [7, 11) is 0. The lowest BCUT2D eigenvalue weighted by Gasteiger charge is -2.42. The van der Waals surface area contributed by atoms with E-state index in [0.29, 0.717) is 0 Å². The van der Waals surface area contributed by atoms with Crippen molar-refractivity contribution in [1.29, 1.82) is 0 Å². The first-order chi connectivity index (χ1) is 26.9. The van der Waals surface area contributed by atoms with Crippen LogP contribution in [0.2, 0.25) is 0 Å². The molecule has 0 saturated heterocycles. The lowest BCUT2D eigenvalue weighted by Crippen LogP contribution is -2.74. The number of ether oxygens (including phenoxy) is 2. The van der Waals surface area contributed by atoms with E-state index in [-0.39, 0.29) is 6.92 Å². The first-order valence-corrected chi connectivity index (χ1v) is 14.4. The Labute approximate surface area is 321 Å². The van der Waals surface area contributed by atoms with Gasteiger partial charge >= 0.3 is 107 Å². The van der Waals surface area contributed by atoms with Crippen molar-refractivity contribution in [2.45, 2.75) is 115 Å². The van der Waals surface area contributed by atoms with Gasteiger partial charge in [0.1, 0.15) is 0 Å². The van der Waals surface area contributed by atoms with E-state index in [1.54, 1.807) is 0 Å². The van der Waals surface area contributed by atoms with Crippen molar-refractivity contribution in [3.8, 4) is 0 Å². The van der Waals surface area contributed by atoms with Crippen LogP contribution in [0.4, 0.5) is 149 Å². The summed E-state index contributed by atoms with van der Waals surface area (Å²) in [5.74, 6) is -124. The largest absolute Gasteiger partial charge is 0.462 e. The zero-order valence-electron chi connectivity index (χ0n) is 28.4. The average molecular weight is 1020 g/mol. The zero-order valence-corrected chi connectivity index (χ0v) is 28.4. The summed E-state index contributed by atoms with van der Waals surface area (Å²) in [4.78, 5) is 23.2. The number of esters is 2. The standard InChI is InChI=1S/C25H12F34O4/c1-7(9(61)63-5-3-11(28,29)13(32,33)15(36,37)17(40,41)19(44,45)21(48,49)23(52,53)25(57,58)59)6-8(60)62-4-2-10(26,27)12(30,31)14(34,35)16(38,39)18(42,43)20(46,47)22(50,51)24(54,55)56/h6H,2-5H2,1H3/b7-6+. The molecule has 0 aromatic rings. The molecule has 0 saturated carbocycles. The molecule has 4 nitrogen and oxygen atoms in total. The van der Waals surface area contributed by atoms with Gasteiger partial charge in [-0.05, 0) is 6.92 Å². The smallest absolute Gasteiger partial charge is 0.460 e. The molecule has 0 aliphatic carbocycles. The molecule has 0 atom stereocenters. The van der Waals surface area contributed by atoms with Gasteiger partial charge in [0.25, 0.3) is 0 Å². The topological polar surface area (TPSA) is 52.6 Å². The maximum absolute atomic E-state index is 13.9. The number of carbonyl (C=O) groups is 2. The first kappa shape index (κ1) is 59.3. The first-order valence-electron chi connectivity index (χ1n) is 14.4. The molecule has 0 fully saturated rings. The maximum Gasteiger partial charge on any atom is 0.460 e. The molecule has 0 aromatic heterocycles. The normalized spacial score (nSPS) is 16.3. The third-order valence-electron chi connectivity index (χ3n) is 7.54. The van der Waals surface area contributed by atoms with Gasteiger partial charge in [0.2, 0.25) is 0 Å². The predicted molar refractivity (Wildman–Crippen MR) is 126 cm³/mol. The molecule has 0 rings (SSSR count). The van der Waals surface area contributed by atoms with Crippen LogP contribution >= 0.6 is 0 Å². The van der Waals surface area contributed by atoms with Crippen molar-refractivity contribution in [3.05, 3.63) is 11.6 Å². The van der Waals surface area contributed by atoms with Crippen molar-refractivity contribution in [2.75, 3.05) is 13.2 Å². The molecule has 0 aromatic carbocycles. The third-order valence-corrected chi connectivity index (χ3v) is 7.54. The minimum absolute atomic E-state index is 0.0910. The van der Waals surface area contributed by atoms with E-state index in [2.05, 4.69) is 9.47 Å². The van der Waals surface area contributed by atoms with Crippen molar-refractivity contribution in [1.82, 2.24) is 0 Å². The fourth-order valence-electron chi connectivity index (χ4n) is 3.65. The van der Waals surface area contributed by atoms with Crippen molar-refractivity contribution < 1.29 is 168 Å². The average Bonchev–Trinajstić information content (AvgIpc) is 3.05. The van der Waals surface area contributed by atoms with E-state index in [4.69, 9.17) is 0 Å². The Bertz CT molecular complexity index is 1680. The van der Waals surface area contributed by atoms with Gasteiger partial charge in [-0.3, -0.25) is 0 Å². The van der Waals surface area contributed by atoms with Crippen LogP contribution in [0.15, 0.2) is 11.6 Å². The van der Waals surface area contributed by atoms with Crippen molar-refractivity contribution >= 4 is 11.9 Å². The van der Waals surface area contributed by atoms with Crippen LogP contribution in [-0.4, -0.2) is 120 Å². The number of alkyl halides is 34. The summed E-state index contributed by atoms with van der Waals surface area (Å²) in [6, 6.07) is 0. The summed E-state index contributed by atoms with van der Waals surface area (Å²) < 4.78 is 459. The van der Waals surface area contributed by atoms with Gasteiger partial charge in [0, 0.05) is 11.6 Å². The lowest BCUT2D eigenvalue weighted by molar-refractivity contribution is -0.461. The SMILES string of the molecule is C/C(=C\C(=O)OCCC(F)(F)C(F)(F)C(F)(F)C(F)(F)C(F)(F)C(F)(F)C(F)(F)C(F)(F)F)C(=O)OCCC(F)(F)C(F)(F)C(F)(F)C(F)(F)C(F)(F)C(F)(F)C(F)(F)C(F)(F)F. The quantitative estimate of drug-likeness (QED) is 0.0693. The summed E-state index contributed by atoms with van der Waals surface area (Å²) in [6.45, 7) is -5.21. The minimum atomic E-state index is -9.00. The molecule has 38 heteroatoms. The fourth-order valence-corrected chi connectivity index (χ4v) is 3.65. The zero-order chi connectivity index (χ0) is 51.7. The molecule has 0 aliphatic rings. The Kier molecular flexibility index (Phi) is 15.4. The second-order valence-corrected chi connectivity index (χ2v) is 11.9. The van der Waals surface area contributed by atoms with Gasteiger partial charge < -0.3 is 9.47 Å². The molecule has 63 heavy (non-hydrogen) atoms. The fraction of sp³-hybridized carbons (Fsp3) is 0.840. The number of hydrogen-bond donors (Lipinski definition) is 0. The Morgan fingerprint density at radius 1 is 0.333 bits per heavy atom. The van der Waals surface area contributed by atoms with Crippen molar-refractivity contribution in [3.63, 3.8) is 0 Å². The molecule has 0 unspecified atom stereocenters. The van der Waals surface area contributed by atoms with E-state index in [1.165, 1.54) is 0 Å². The van der Waals surface area contributed by atoms with Crippen LogP contribution in [0.5, 0.6) is 0 Å². The Balaban J connectivity index is 6.09. The maximum atomic E-state index is 13.9. The van der Waals surface area contributed by atoms with Crippen LogP contribution < -0.4 is 0 Å². The number of hydrogen-bond acceptors (Lipinski definition) is 4. The second kappa shape index (κ2) is 16.3. The van der Waals surface area contributed by atoms with Gasteiger partial charge in [0.15, 0.2) is 0 Å². The highest BCUT2D eigenvalue weighted by Crippen LogP contribution is 2.66. The van der Waals surface area contributed by atoms with Crippen LogP contribution in [0.25, 0.3) is 0 Å². The van der Waals surface area contributed by atoms with Crippen molar-refractivity contribution in [2.24, 2.45) is 0 Å². The number of carbonyl (C=O) groups excluding carboxylic acids is 2. The highest BCUT2D eigenvalue weighted by Gasteiger charge is 2.97. The summed E-state index contributed by atoms with van der Waals surface area (Å²) in [5, 5.41) is 0. The Morgan fingerprint density at radius 2 is 0.540 bits per heavy atom. The Morgan fingerprint density at radius 3 is 0.778 bits per heavy atom. The number of rotatable bonds is 20. The number of halogens is 34. The molecular formula is C25H12F34O4. The predicted octanol–water partition coefficient (Wildman–Crippen LogP) is 11.8. The lowest BCUT2D eigenvalue weighted by atomic mass is 9.88. The van der Waals surface area contributed by atoms with E-state index in [0.717, 1.165) is 0 Å². The van der Waals surface area contributed by atoms with Gasteiger partial charge in [0.05, 0.1) is 26.1 Å². The van der Waals surface area contributed by atoms with Gasteiger partial charge in [-0.25, -0.2) is 9.59 Å². The van der Waals surface area contributed by atoms with Crippen LogP contribution in [0.1, 0.15) is 19.8 Å². The summed E-state index contributed by atoms with van der Waals surface area (Å²) >= 11 is 0. The van der Waals surface area contributed by atoms with E-state index >= 15 is 0 Å². The van der Waals surface area contributed by atoms with E-state index in [1.807, 2.05) is 0 Å². The van der Waals surface area contributed by atoms with Gasteiger partial charge in [-0.1, -0.05) is 0 Å². The molecule has 0 N–H and O–H groups in total. The molecule has 0 amide bonds. The second-order valence-electron chi connectivity index (χ2n) is 11.9. The Hall–Kier alpha value is -3.70. The monoisotopic (exact) mass is 1020 g/mol. The summed E-state index contributed by atoms with van der Waals surface area (Å²) in [6.07, 6.45) is -23.5. The molecule has 374 valence electrons. The van der Waals surface area contributed by atoms with Gasteiger partial charge in [-0.2, -0.15) is 149 Å². The molecule has 0 radical (unpaired) electrons. The van der Waals surface area contributed by atoms with Crippen LogP contribution in [0.3, 0.4) is 0 Å². The van der Waals surface area contributed by atoms with Gasteiger partial charge in [-0.15, -0.1) is 0 Å². The van der Waals surface area contributed by atoms with E-state index in [9.17, 15) is 159 Å². The third kappa shape index (κ3) is 8.87. The van der Waals surface area contributed by atoms with Crippen LogP contribution in [0, 0.1) is 0 Å². The highest BCUT2D eigenvalue weighted by atomic mass is 19.4. The highest BCUT2D eigenvalue weighted by molar-refractivity contribution is 5.95. The molecule has 0 bridgehead atoms. The minimum Gasteiger partial charge on any atom is -0.462 e. The molecule has 0 spiro atoms. The van der Waals surface area contributed by atoms with Crippen LogP contribution in [-0.2, 0) is 19.1 Å². The molecular weight excluding hydrogens is 1010 g/mol. The molecule has 0 heterocycles.